The van der Waals surface area contributed by atoms with E-state index < -0.39 is 13.9 Å². The number of rotatable bonds is 29. The van der Waals surface area contributed by atoms with E-state index in [1.807, 2.05) is 21.1 Å². The SMILES string of the molecule is CCCCCCCCCCCCCCCCOC(COC(=O)CCCCC)COP(=O)(O)OCC[N+](C)(C)C. The molecule has 0 radical (unpaired) electrons. The zero-order valence-corrected chi connectivity index (χ0v) is 27.0. The molecule has 0 aliphatic carbocycles. The molecule has 0 saturated carbocycles. The fourth-order valence-corrected chi connectivity index (χ4v) is 4.85. The average Bonchev–Trinajstić information content (AvgIpc) is 2.86. The minimum Gasteiger partial charge on any atom is -0.463 e. The van der Waals surface area contributed by atoms with E-state index >= 15 is 0 Å². The predicted octanol–water partition coefficient (Wildman–Crippen LogP) is 7.82. The van der Waals surface area contributed by atoms with Crippen molar-refractivity contribution in [3.8, 4) is 0 Å². The van der Waals surface area contributed by atoms with Gasteiger partial charge in [0.1, 0.15) is 25.9 Å². The van der Waals surface area contributed by atoms with Gasteiger partial charge in [-0.1, -0.05) is 110 Å². The number of quaternary nitrogens is 1. The predicted molar refractivity (Wildman–Crippen MR) is 160 cm³/mol. The third kappa shape index (κ3) is 28.8. The van der Waals surface area contributed by atoms with Crippen LogP contribution in [0.15, 0.2) is 0 Å². The van der Waals surface area contributed by atoms with E-state index in [0.717, 1.165) is 32.1 Å². The highest BCUT2D eigenvalue weighted by Gasteiger charge is 2.25. The first-order valence-electron chi connectivity index (χ1n) is 15.8. The van der Waals surface area contributed by atoms with Crippen molar-refractivity contribution < 1.29 is 37.3 Å². The molecule has 9 heteroatoms. The molecule has 0 spiro atoms. The number of nitrogens with zero attached hydrogens (tertiary/aromatic N) is 1. The molecule has 0 saturated heterocycles. The van der Waals surface area contributed by atoms with E-state index in [-0.39, 0.29) is 25.8 Å². The lowest BCUT2D eigenvalue weighted by molar-refractivity contribution is -0.870. The summed E-state index contributed by atoms with van der Waals surface area (Å²) in [4.78, 5) is 22.0. The second-order valence-corrected chi connectivity index (χ2v) is 13.3. The van der Waals surface area contributed by atoms with Gasteiger partial charge in [-0.15, -0.1) is 0 Å². The number of hydrogen-bond donors (Lipinski definition) is 1. The average molecular weight is 581 g/mol. The third-order valence-corrected chi connectivity index (χ3v) is 7.69. The number of phosphoric ester groups is 1. The van der Waals surface area contributed by atoms with Gasteiger partial charge in [0.05, 0.1) is 27.7 Å². The van der Waals surface area contributed by atoms with E-state index in [4.69, 9.17) is 18.5 Å². The summed E-state index contributed by atoms with van der Waals surface area (Å²) in [6.45, 7) is 5.35. The summed E-state index contributed by atoms with van der Waals surface area (Å²) in [6, 6.07) is 0. The molecule has 0 heterocycles. The van der Waals surface area contributed by atoms with Gasteiger partial charge in [-0.2, -0.15) is 0 Å². The number of phosphoric acid groups is 1. The van der Waals surface area contributed by atoms with E-state index in [0.29, 0.717) is 24.1 Å². The summed E-state index contributed by atoms with van der Waals surface area (Å²) >= 11 is 0. The zero-order valence-electron chi connectivity index (χ0n) is 26.1. The van der Waals surface area contributed by atoms with Gasteiger partial charge in [-0.05, 0) is 12.8 Å². The maximum absolute atomic E-state index is 12.3. The first kappa shape index (κ1) is 38.5. The van der Waals surface area contributed by atoms with Gasteiger partial charge in [-0.3, -0.25) is 13.8 Å². The molecule has 8 nitrogen and oxygen atoms in total. The van der Waals surface area contributed by atoms with Gasteiger partial charge in [0.15, 0.2) is 0 Å². The van der Waals surface area contributed by atoms with Crippen molar-refractivity contribution in [3.63, 3.8) is 0 Å². The van der Waals surface area contributed by atoms with Gasteiger partial charge >= 0.3 is 13.8 Å². The van der Waals surface area contributed by atoms with Crippen molar-refractivity contribution in [1.82, 2.24) is 0 Å². The minimum atomic E-state index is -4.21. The highest BCUT2D eigenvalue weighted by Crippen LogP contribution is 2.43. The molecule has 0 aromatic heterocycles. The molecule has 234 valence electrons. The molecule has 1 N–H and O–H groups in total. The van der Waals surface area contributed by atoms with Crippen LogP contribution in [0.3, 0.4) is 0 Å². The van der Waals surface area contributed by atoms with Crippen LogP contribution in [-0.2, 0) is 27.9 Å². The van der Waals surface area contributed by atoms with Crippen molar-refractivity contribution in [3.05, 3.63) is 0 Å². The van der Waals surface area contributed by atoms with Crippen LogP contribution >= 0.6 is 7.82 Å². The highest BCUT2D eigenvalue weighted by molar-refractivity contribution is 7.47. The van der Waals surface area contributed by atoms with Crippen LogP contribution in [0, 0.1) is 0 Å². The molecule has 0 rings (SSSR count). The fraction of sp³-hybridized carbons (Fsp3) is 0.967. The highest BCUT2D eigenvalue weighted by atomic mass is 31.2. The number of carbonyl (C=O) groups excluding carboxylic acids is 1. The Hall–Kier alpha value is -0.500. The zero-order chi connectivity index (χ0) is 29.2. The monoisotopic (exact) mass is 580 g/mol. The smallest absolute Gasteiger partial charge is 0.463 e. The lowest BCUT2D eigenvalue weighted by atomic mass is 10.0. The van der Waals surface area contributed by atoms with Crippen LogP contribution in [0.25, 0.3) is 0 Å². The molecule has 0 aliphatic rings. The molecule has 0 amide bonds. The molecular formula is C30H63NO7P+. The van der Waals surface area contributed by atoms with Crippen molar-refractivity contribution in [2.75, 3.05) is 54.1 Å². The molecule has 0 fully saturated rings. The van der Waals surface area contributed by atoms with Crippen molar-refractivity contribution in [1.29, 1.82) is 0 Å². The number of ether oxygens (including phenoxy) is 2. The Kier molecular flexibility index (Phi) is 24.9. The second-order valence-electron chi connectivity index (χ2n) is 11.8. The quantitative estimate of drug-likeness (QED) is 0.0417. The summed E-state index contributed by atoms with van der Waals surface area (Å²) in [7, 11) is 1.72. The van der Waals surface area contributed by atoms with Gasteiger partial charge in [0.25, 0.3) is 0 Å². The number of unbranched alkanes of at least 4 members (excludes halogenated alkanes) is 15. The van der Waals surface area contributed by atoms with E-state index in [9.17, 15) is 14.3 Å². The van der Waals surface area contributed by atoms with Crippen molar-refractivity contribution >= 4 is 13.8 Å². The Bertz CT molecular complexity index is 613. The second kappa shape index (κ2) is 25.2. The number of hydrogen-bond acceptors (Lipinski definition) is 6. The van der Waals surface area contributed by atoms with Crippen LogP contribution in [0.1, 0.15) is 129 Å². The molecule has 39 heavy (non-hydrogen) atoms. The van der Waals surface area contributed by atoms with Crippen LogP contribution in [0.4, 0.5) is 0 Å². The first-order chi connectivity index (χ1) is 18.6. The summed E-state index contributed by atoms with van der Waals surface area (Å²) < 4.78 is 34.4. The summed E-state index contributed by atoms with van der Waals surface area (Å²) in [6.07, 6.45) is 20.6. The fourth-order valence-electron chi connectivity index (χ4n) is 4.11. The van der Waals surface area contributed by atoms with Crippen molar-refractivity contribution in [2.45, 2.75) is 136 Å². The topological polar surface area (TPSA) is 91.3 Å². The van der Waals surface area contributed by atoms with E-state index in [1.54, 1.807) is 0 Å². The van der Waals surface area contributed by atoms with Crippen molar-refractivity contribution in [2.24, 2.45) is 0 Å². The summed E-state index contributed by atoms with van der Waals surface area (Å²) in [5.41, 5.74) is 0. The number of likely N-dealkylation sites (N-methyl/N-ethyl adjacent to an activating group) is 1. The first-order valence-corrected chi connectivity index (χ1v) is 17.3. The van der Waals surface area contributed by atoms with Gasteiger partial charge in [-0.25, -0.2) is 4.57 Å². The molecule has 2 atom stereocenters. The van der Waals surface area contributed by atoms with Crippen LogP contribution in [0.5, 0.6) is 0 Å². The number of carbonyl (C=O) groups is 1. The Balaban J connectivity index is 4.16. The lowest BCUT2D eigenvalue weighted by Gasteiger charge is -2.24. The van der Waals surface area contributed by atoms with Crippen LogP contribution < -0.4 is 0 Å². The van der Waals surface area contributed by atoms with E-state index in [2.05, 4.69) is 13.8 Å². The lowest BCUT2D eigenvalue weighted by Crippen LogP contribution is -2.37. The minimum absolute atomic E-state index is 0.00242. The third-order valence-electron chi connectivity index (χ3n) is 6.71. The molecule has 0 aliphatic heterocycles. The molecular weight excluding hydrogens is 517 g/mol. The molecule has 0 aromatic carbocycles. The van der Waals surface area contributed by atoms with Gasteiger partial charge in [0.2, 0.25) is 0 Å². The Morgan fingerprint density at radius 2 is 1.18 bits per heavy atom. The van der Waals surface area contributed by atoms with Crippen LogP contribution in [0.2, 0.25) is 0 Å². The standard InChI is InChI=1S/C30H62NO7P/c1-6-8-10-11-12-13-14-15-16-17-18-19-20-22-25-35-29(27-36-30(32)23-21-9-7-2)28-38-39(33,34)37-26-24-31(3,4)5/h29H,6-28H2,1-5H3/p+1. The maximum Gasteiger partial charge on any atom is 0.472 e. The normalized spacial score (nSPS) is 14.3. The molecule has 0 aromatic rings. The van der Waals surface area contributed by atoms with Gasteiger partial charge in [0, 0.05) is 13.0 Å². The van der Waals surface area contributed by atoms with E-state index in [1.165, 1.54) is 77.0 Å². The Morgan fingerprint density at radius 1 is 0.692 bits per heavy atom. The summed E-state index contributed by atoms with van der Waals surface area (Å²) in [5, 5.41) is 0. The van der Waals surface area contributed by atoms with Crippen LogP contribution in [-0.4, -0.2) is 75.6 Å². The Morgan fingerprint density at radius 3 is 1.69 bits per heavy atom. The number of esters is 1. The van der Waals surface area contributed by atoms with Gasteiger partial charge < -0.3 is 18.9 Å². The Labute approximate surface area is 240 Å². The molecule has 0 bridgehead atoms. The largest absolute Gasteiger partial charge is 0.472 e. The molecule has 2 unspecified atom stereocenters. The maximum atomic E-state index is 12.3. The summed E-state index contributed by atoms with van der Waals surface area (Å²) in [5.74, 6) is -0.278.